The van der Waals surface area contributed by atoms with Gasteiger partial charge in [0.2, 0.25) is 0 Å². The topological polar surface area (TPSA) is 59.2 Å². The third-order valence-corrected chi connectivity index (χ3v) is 3.55. The Labute approximate surface area is 118 Å². The number of H-pyrrole nitrogens is 1. The zero-order chi connectivity index (χ0) is 13.9. The lowest BCUT2D eigenvalue weighted by atomic mass is 10.1. The van der Waals surface area contributed by atoms with Gasteiger partial charge in [0.15, 0.2) is 0 Å². The highest BCUT2D eigenvalue weighted by atomic mass is 16.5. The predicted molar refractivity (Wildman–Crippen MR) is 77.0 cm³/mol. The van der Waals surface area contributed by atoms with Gasteiger partial charge in [0.05, 0.1) is 26.1 Å². The summed E-state index contributed by atoms with van der Waals surface area (Å²) in [6.07, 6.45) is 4.42. The Hall–Kier alpha value is -2.01. The molecular formula is C15H19N3O2. The predicted octanol–water partition coefficient (Wildman–Crippen LogP) is 2.35. The van der Waals surface area contributed by atoms with Crippen LogP contribution in [-0.4, -0.2) is 30.5 Å². The van der Waals surface area contributed by atoms with Crippen molar-refractivity contribution in [1.29, 1.82) is 0 Å². The summed E-state index contributed by atoms with van der Waals surface area (Å²) in [7, 11) is 3.31. The van der Waals surface area contributed by atoms with Gasteiger partial charge in [-0.1, -0.05) is 0 Å². The fourth-order valence-electron chi connectivity index (χ4n) is 2.23. The molecule has 0 saturated heterocycles. The Morgan fingerprint density at radius 1 is 1.30 bits per heavy atom. The molecule has 5 heteroatoms. The molecule has 0 amide bonds. The number of hydrogen-bond donors (Lipinski definition) is 2. The van der Waals surface area contributed by atoms with Crippen molar-refractivity contribution in [2.75, 3.05) is 14.2 Å². The van der Waals surface area contributed by atoms with E-state index in [4.69, 9.17) is 9.47 Å². The smallest absolute Gasteiger partial charge is 0.131 e. The molecule has 2 aromatic rings. The molecule has 20 heavy (non-hydrogen) atoms. The maximum atomic E-state index is 5.46. The SMILES string of the molecule is COc1ccc(-c2[nH]ncc2CNC2CC2)c(OC)c1. The number of hydrogen-bond acceptors (Lipinski definition) is 4. The number of aromatic amines is 1. The molecule has 5 nitrogen and oxygen atoms in total. The Kier molecular flexibility index (Phi) is 3.60. The first-order valence-electron chi connectivity index (χ1n) is 6.80. The van der Waals surface area contributed by atoms with Gasteiger partial charge >= 0.3 is 0 Å². The second kappa shape index (κ2) is 5.54. The molecule has 1 aliphatic rings. The van der Waals surface area contributed by atoms with Crippen LogP contribution in [0.15, 0.2) is 24.4 Å². The van der Waals surface area contributed by atoms with Gasteiger partial charge in [-0.3, -0.25) is 5.10 Å². The van der Waals surface area contributed by atoms with E-state index in [0.29, 0.717) is 6.04 Å². The largest absolute Gasteiger partial charge is 0.497 e. The van der Waals surface area contributed by atoms with Gasteiger partial charge in [-0.25, -0.2) is 0 Å². The van der Waals surface area contributed by atoms with Crippen molar-refractivity contribution in [3.05, 3.63) is 30.0 Å². The van der Waals surface area contributed by atoms with E-state index in [-0.39, 0.29) is 0 Å². The maximum Gasteiger partial charge on any atom is 0.131 e. The molecule has 1 fully saturated rings. The lowest BCUT2D eigenvalue weighted by Gasteiger charge is -2.11. The van der Waals surface area contributed by atoms with Crippen molar-refractivity contribution in [1.82, 2.24) is 15.5 Å². The van der Waals surface area contributed by atoms with E-state index in [9.17, 15) is 0 Å². The number of benzene rings is 1. The molecule has 1 aliphatic carbocycles. The van der Waals surface area contributed by atoms with Gasteiger partial charge < -0.3 is 14.8 Å². The van der Waals surface area contributed by atoms with Gasteiger partial charge in [-0.2, -0.15) is 5.10 Å². The van der Waals surface area contributed by atoms with Crippen molar-refractivity contribution in [3.63, 3.8) is 0 Å². The molecule has 0 bridgehead atoms. The average molecular weight is 273 g/mol. The second-order valence-corrected chi connectivity index (χ2v) is 4.99. The van der Waals surface area contributed by atoms with E-state index >= 15 is 0 Å². The first-order chi connectivity index (χ1) is 9.81. The van der Waals surface area contributed by atoms with Crippen LogP contribution in [0.1, 0.15) is 18.4 Å². The van der Waals surface area contributed by atoms with Crippen LogP contribution in [0.3, 0.4) is 0 Å². The molecule has 1 aromatic heterocycles. The number of nitrogens with one attached hydrogen (secondary N) is 2. The van der Waals surface area contributed by atoms with Crippen LogP contribution in [0.2, 0.25) is 0 Å². The van der Waals surface area contributed by atoms with E-state index in [2.05, 4.69) is 15.5 Å². The van der Waals surface area contributed by atoms with Crippen LogP contribution < -0.4 is 14.8 Å². The van der Waals surface area contributed by atoms with Crippen LogP contribution in [0.25, 0.3) is 11.3 Å². The van der Waals surface area contributed by atoms with Crippen molar-refractivity contribution >= 4 is 0 Å². The summed E-state index contributed by atoms with van der Waals surface area (Å²) in [5, 5.41) is 10.7. The van der Waals surface area contributed by atoms with E-state index < -0.39 is 0 Å². The van der Waals surface area contributed by atoms with Crippen LogP contribution in [0, 0.1) is 0 Å². The van der Waals surface area contributed by atoms with Crippen molar-refractivity contribution in [3.8, 4) is 22.8 Å². The van der Waals surface area contributed by atoms with Crippen LogP contribution in [0.4, 0.5) is 0 Å². The highest BCUT2D eigenvalue weighted by molar-refractivity contribution is 5.71. The molecule has 0 radical (unpaired) electrons. The minimum absolute atomic E-state index is 0.676. The Balaban J connectivity index is 1.89. The van der Waals surface area contributed by atoms with Gasteiger partial charge in [-0.15, -0.1) is 0 Å². The molecule has 0 aliphatic heterocycles. The molecule has 1 saturated carbocycles. The zero-order valence-electron chi connectivity index (χ0n) is 11.8. The lowest BCUT2D eigenvalue weighted by molar-refractivity contribution is 0.395. The number of rotatable bonds is 6. The van der Waals surface area contributed by atoms with E-state index in [1.807, 2.05) is 24.4 Å². The van der Waals surface area contributed by atoms with Gasteiger partial charge in [0.1, 0.15) is 11.5 Å². The van der Waals surface area contributed by atoms with Gasteiger partial charge in [0, 0.05) is 29.8 Å². The number of aromatic nitrogens is 2. The van der Waals surface area contributed by atoms with Gasteiger partial charge in [0.25, 0.3) is 0 Å². The van der Waals surface area contributed by atoms with Crippen LogP contribution in [0.5, 0.6) is 11.5 Å². The second-order valence-electron chi connectivity index (χ2n) is 4.99. The van der Waals surface area contributed by atoms with Crippen molar-refractivity contribution in [2.45, 2.75) is 25.4 Å². The van der Waals surface area contributed by atoms with Crippen LogP contribution >= 0.6 is 0 Å². The first-order valence-corrected chi connectivity index (χ1v) is 6.80. The number of nitrogens with zero attached hydrogens (tertiary/aromatic N) is 1. The van der Waals surface area contributed by atoms with Crippen LogP contribution in [-0.2, 0) is 6.54 Å². The molecule has 2 N–H and O–H groups in total. The van der Waals surface area contributed by atoms with Gasteiger partial charge in [-0.05, 0) is 25.0 Å². The van der Waals surface area contributed by atoms with E-state index in [1.54, 1.807) is 14.2 Å². The number of methoxy groups -OCH3 is 2. The minimum Gasteiger partial charge on any atom is -0.497 e. The van der Waals surface area contributed by atoms with E-state index in [0.717, 1.165) is 34.9 Å². The van der Waals surface area contributed by atoms with Crippen molar-refractivity contribution in [2.24, 2.45) is 0 Å². The normalized spacial score (nSPS) is 14.3. The fraction of sp³-hybridized carbons (Fsp3) is 0.400. The Morgan fingerprint density at radius 3 is 2.85 bits per heavy atom. The fourth-order valence-corrected chi connectivity index (χ4v) is 2.23. The highest BCUT2D eigenvalue weighted by Gasteiger charge is 2.21. The molecule has 0 unspecified atom stereocenters. The molecule has 106 valence electrons. The quantitative estimate of drug-likeness (QED) is 0.848. The summed E-state index contributed by atoms with van der Waals surface area (Å²) in [6, 6.07) is 6.48. The standard InChI is InChI=1S/C15H19N3O2/c1-19-12-5-6-13(14(7-12)20-2)15-10(9-17-18-15)8-16-11-3-4-11/h5-7,9,11,16H,3-4,8H2,1-2H3,(H,17,18). The lowest BCUT2D eigenvalue weighted by Crippen LogP contribution is -2.15. The van der Waals surface area contributed by atoms with Crippen molar-refractivity contribution < 1.29 is 9.47 Å². The monoisotopic (exact) mass is 273 g/mol. The third kappa shape index (κ3) is 2.63. The minimum atomic E-state index is 0.676. The van der Waals surface area contributed by atoms with E-state index in [1.165, 1.54) is 12.8 Å². The molecule has 0 spiro atoms. The highest BCUT2D eigenvalue weighted by Crippen LogP contribution is 2.34. The Morgan fingerprint density at radius 2 is 2.15 bits per heavy atom. The molecule has 3 rings (SSSR count). The summed E-state index contributed by atoms with van der Waals surface area (Å²) in [5.41, 5.74) is 3.15. The summed E-state index contributed by atoms with van der Waals surface area (Å²) >= 11 is 0. The summed E-state index contributed by atoms with van der Waals surface area (Å²) in [5.74, 6) is 1.56. The molecule has 1 aromatic carbocycles. The molecular weight excluding hydrogens is 254 g/mol. The summed E-state index contributed by atoms with van der Waals surface area (Å²) in [4.78, 5) is 0. The third-order valence-electron chi connectivity index (χ3n) is 3.55. The molecule has 1 heterocycles. The Bertz CT molecular complexity index is 591. The first kappa shape index (κ1) is 13.0. The summed E-state index contributed by atoms with van der Waals surface area (Å²) < 4.78 is 10.7. The maximum absolute atomic E-state index is 5.46. The number of ether oxygens (including phenoxy) is 2. The molecule has 0 atom stereocenters. The average Bonchev–Trinajstić information content (AvgIpc) is 3.21. The summed E-state index contributed by atoms with van der Waals surface area (Å²) in [6.45, 7) is 0.825. The zero-order valence-corrected chi connectivity index (χ0v) is 11.8.